The van der Waals surface area contributed by atoms with Gasteiger partial charge in [0.2, 0.25) is 5.91 Å². The van der Waals surface area contributed by atoms with Crippen LogP contribution in [0.25, 0.3) is 0 Å². The fraction of sp³-hybridized carbons (Fsp3) is 0.818. The number of carbonyl (C=O) groups is 2. The zero-order valence-electron chi connectivity index (χ0n) is 10.5. The van der Waals surface area contributed by atoms with E-state index in [0.29, 0.717) is 0 Å². The SMILES string of the molecule is CC(C)C(CNC(=O)CCOCC(F)F)C(=O)O. The van der Waals surface area contributed by atoms with E-state index in [9.17, 15) is 18.4 Å². The van der Waals surface area contributed by atoms with Gasteiger partial charge in [-0.15, -0.1) is 0 Å². The van der Waals surface area contributed by atoms with Gasteiger partial charge < -0.3 is 15.2 Å². The topological polar surface area (TPSA) is 75.6 Å². The number of carboxylic acids is 1. The lowest BCUT2D eigenvalue weighted by molar-refractivity contribution is -0.143. The van der Waals surface area contributed by atoms with Crippen LogP contribution in [0.1, 0.15) is 20.3 Å². The Kier molecular flexibility index (Phi) is 8.19. The lowest BCUT2D eigenvalue weighted by Crippen LogP contribution is -2.35. The van der Waals surface area contributed by atoms with E-state index < -0.39 is 30.8 Å². The van der Waals surface area contributed by atoms with Crippen molar-refractivity contribution in [2.45, 2.75) is 26.7 Å². The molecule has 0 heterocycles. The van der Waals surface area contributed by atoms with E-state index >= 15 is 0 Å². The van der Waals surface area contributed by atoms with Gasteiger partial charge in [-0.25, -0.2) is 8.78 Å². The number of hydrogen-bond acceptors (Lipinski definition) is 3. The highest BCUT2D eigenvalue weighted by Crippen LogP contribution is 2.09. The van der Waals surface area contributed by atoms with Crippen molar-refractivity contribution in [2.24, 2.45) is 11.8 Å². The third-order valence-electron chi connectivity index (χ3n) is 2.36. The average molecular weight is 267 g/mol. The molecule has 18 heavy (non-hydrogen) atoms. The van der Waals surface area contributed by atoms with E-state index in [2.05, 4.69) is 10.1 Å². The molecule has 7 heteroatoms. The molecule has 0 rings (SSSR count). The van der Waals surface area contributed by atoms with Crippen molar-refractivity contribution >= 4 is 11.9 Å². The Labute approximate surface area is 105 Å². The first-order valence-electron chi connectivity index (χ1n) is 5.70. The Bertz CT molecular complexity index is 272. The number of hydrogen-bond donors (Lipinski definition) is 2. The number of alkyl halides is 2. The first kappa shape index (κ1) is 16.8. The summed E-state index contributed by atoms with van der Waals surface area (Å²) in [6.07, 6.45) is -2.61. The number of nitrogens with one attached hydrogen (secondary N) is 1. The maximum atomic E-state index is 11.7. The summed E-state index contributed by atoms with van der Waals surface area (Å²) in [7, 11) is 0. The minimum atomic E-state index is -2.55. The maximum absolute atomic E-state index is 11.7. The zero-order valence-corrected chi connectivity index (χ0v) is 10.5. The van der Waals surface area contributed by atoms with Crippen LogP contribution in [0.4, 0.5) is 8.78 Å². The van der Waals surface area contributed by atoms with Crippen LogP contribution in [0.15, 0.2) is 0 Å². The van der Waals surface area contributed by atoms with Crippen LogP contribution >= 0.6 is 0 Å². The number of amides is 1. The van der Waals surface area contributed by atoms with E-state index in [1.54, 1.807) is 13.8 Å². The Morgan fingerprint density at radius 3 is 2.39 bits per heavy atom. The summed E-state index contributed by atoms with van der Waals surface area (Å²) in [4.78, 5) is 22.1. The highest BCUT2D eigenvalue weighted by atomic mass is 19.3. The summed E-state index contributed by atoms with van der Waals surface area (Å²) >= 11 is 0. The molecule has 0 saturated heterocycles. The molecule has 0 fully saturated rings. The van der Waals surface area contributed by atoms with Crippen molar-refractivity contribution in [1.29, 1.82) is 0 Å². The van der Waals surface area contributed by atoms with Gasteiger partial charge in [0.15, 0.2) is 0 Å². The Hall–Kier alpha value is -1.24. The molecule has 0 saturated carbocycles. The second-order valence-corrected chi connectivity index (χ2v) is 4.21. The van der Waals surface area contributed by atoms with Gasteiger partial charge in [-0.2, -0.15) is 0 Å². The Balaban J connectivity index is 3.78. The standard InChI is InChI=1S/C11H19F2NO4/c1-7(2)8(11(16)17)5-14-10(15)3-4-18-6-9(12)13/h7-9H,3-6H2,1-2H3,(H,14,15)(H,16,17). The predicted octanol–water partition coefficient (Wildman–Crippen LogP) is 1.13. The maximum Gasteiger partial charge on any atom is 0.308 e. The molecule has 0 spiro atoms. The fourth-order valence-electron chi connectivity index (χ4n) is 1.26. The number of aliphatic carboxylic acids is 1. The summed E-state index contributed by atoms with van der Waals surface area (Å²) in [6.45, 7) is 2.72. The molecule has 1 amide bonds. The van der Waals surface area contributed by atoms with Gasteiger partial charge >= 0.3 is 5.97 Å². The van der Waals surface area contributed by atoms with E-state index in [4.69, 9.17) is 5.11 Å². The zero-order chi connectivity index (χ0) is 14.1. The van der Waals surface area contributed by atoms with E-state index in [1.165, 1.54) is 0 Å². The van der Waals surface area contributed by atoms with E-state index in [1.807, 2.05) is 0 Å². The van der Waals surface area contributed by atoms with Gasteiger partial charge in [0.1, 0.15) is 6.61 Å². The van der Waals surface area contributed by atoms with Crippen LogP contribution in [0.2, 0.25) is 0 Å². The van der Waals surface area contributed by atoms with Gasteiger partial charge in [-0.1, -0.05) is 13.8 Å². The van der Waals surface area contributed by atoms with Gasteiger partial charge in [-0.05, 0) is 5.92 Å². The number of carbonyl (C=O) groups excluding carboxylic acids is 1. The molecule has 0 aromatic rings. The van der Waals surface area contributed by atoms with Crippen LogP contribution in [0.5, 0.6) is 0 Å². The molecule has 106 valence electrons. The highest BCUT2D eigenvalue weighted by molar-refractivity contribution is 5.77. The normalized spacial score (nSPS) is 12.8. The first-order valence-corrected chi connectivity index (χ1v) is 5.70. The summed E-state index contributed by atoms with van der Waals surface area (Å²) < 4.78 is 27.9. The molecule has 0 aliphatic carbocycles. The predicted molar refractivity (Wildman–Crippen MR) is 60.4 cm³/mol. The molecule has 0 aromatic carbocycles. The van der Waals surface area contributed by atoms with Gasteiger partial charge in [0.25, 0.3) is 6.43 Å². The molecule has 0 aliphatic rings. The number of ether oxygens (including phenoxy) is 1. The van der Waals surface area contributed by atoms with Gasteiger partial charge in [0.05, 0.1) is 12.5 Å². The van der Waals surface area contributed by atoms with Crippen molar-refractivity contribution in [2.75, 3.05) is 19.8 Å². The van der Waals surface area contributed by atoms with Crippen molar-refractivity contribution in [3.05, 3.63) is 0 Å². The molecular weight excluding hydrogens is 248 g/mol. The van der Waals surface area contributed by atoms with Crippen LogP contribution in [-0.2, 0) is 14.3 Å². The Morgan fingerprint density at radius 2 is 1.94 bits per heavy atom. The number of halogens is 2. The molecular formula is C11H19F2NO4. The minimum absolute atomic E-state index is 0.0285. The summed E-state index contributed by atoms with van der Waals surface area (Å²) in [5.41, 5.74) is 0. The van der Waals surface area contributed by atoms with Crippen LogP contribution < -0.4 is 5.32 Å². The molecule has 0 bridgehead atoms. The van der Waals surface area contributed by atoms with E-state index in [-0.39, 0.29) is 25.5 Å². The van der Waals surface area contributed by atoms with Gasteiger partial charge in [-0.3, -0.25) is 9.59 Å². The van der Waals surface area contributed by atoms with Gasteiger partial charge in [0, 0.05) is 13.0 Å². The highest BCUT2D eigenvalue weighted by Gasteiger charge is 2.21. The Morgan fingerprint density at radius 1 is 1.33 bits per heavy atom. The molecule has 1 unspecified atom stereocenters. The minimum Gasteiger partial charge on any atom is -0.481 e. The molecule has 0 aliphatic heterocycles. The molecule has 0 aromatic heterocycles. The van der Waals surface area contributed by atoms with Crippen molar-refractivity contribution in [3.63, 3.8) is 0 Å². The first-order chi connectivity index (χ1) is 8.34. The third-order valence-corrected chi connectivity index (χ3v) is 2.36. The second kappa shape index (κ2) is 8.79. The lowest BCUT2D eigenvalue weighted by atomic mass is 9.96. The number of carboxylic acid groups (broad SMARTS) is 1. The third kappa shape index (κ3) is 7.94. The van der Waals surface area contributed by atoms with Crippen LogP contribution in [0.3, 0.4) is 0 Å². The molecule has 1 atom stereocenters. The van der Waals surface area contributed by atoms with Crippen molar-refractivity contribution in [1.82, 2.24) is 5.32 Å². The van der Waals surface area contributed by atoms with Crippen LogP contribution in [0, 0.1) is 11.8 Å². The average Bonchev–Trinajstić information content (AvgIpc) is 2.23. The van der Waals surface area contributed by atoms with Crippen LogP contribution in [-0.4, -0.2) is 43.2 Å². The van der Waals surface area contributed by atoms with Crippen molar-refractivity contribution < 1.29 is 28.2 Å². The second-order valence-electron chi connectivity index (χ2n) is 4.21. The summed E-state index contributed by atoms with van der Waals surface area (Å²) in [5, 5.41) is 11.3. The largest absolute Gasteiger partial charge is 0.481 e. The monoisotopic (exact) mass is 267 g/mol. The summed E-state index contributed by atoms with van der Waals surface area (Å²) in [5.74, 6) is -2.13. The van der Waals surface area contributed by atoms with E-state index in [0.717, 1.165) is 0 Å². The quantitative estimate of drug-likeness (QED) is 0.614. The lowest BCUT2D eigenvalue weighted by Gasteiger charge is -2.16. The molecule has 0 radical (unpaired) electrons. The smallest absolute Gasteiger partial charge is 0.308 e. The molecule has 5 nitrogen and oxygen atoms in total. The van der Waals surface area contributed by atoms with Crippen molar-refractivity contribution in [3.8, 4) is 0 Å². The summed E-state index contributed by atoms with van der Waals surface area (Å²) in [6, 6.07) is 0. The fourth-order valence-corrected chi connectivity index (χ4v) is 1.26. The number of rotatable bonds is 9. The molecule has 2 N–H and O–H groups in total.